The summed E-state index contributed by atoms with van der Waals surface area (Å²) in [6.45, 7) is 2.14. The van der Waals surface area contributed by atoms with Gasteiger partial charge in [-0.1, -0.05) is 23.2 Å². The van der Waals surface area contributed by atoms with E-state index < -0.39 is 21.9 Å². The van der Waals surface area contributed by atoms with E-state index in [1.165, 1.54) is 23.4 Å². The number of rotatable bonds is 3. The third kappa shape index (κ3) is 3.99. The van der Waals surface area contributed by atoms with Gasteiger partial charge in [-0.2, -0.15) is 4.31 Å². The van der Waals surface area contributed by atoms with Crippen LogP contribution in [0.25, 0.3) is 0 Å². The van der Waals surface area contributed by atoms with Gasteiger partial charge in [0.2, 0.25) is 10.0 Å². The Morgan fingerprint density at radius 1 is 1.16 bits per heavy atom. The second-order valence-electron chi connectivity index (χ2n) is 5.84. The molecule has 0 bridgehead atoms. The van der Waals surface area contributed by atoms with E-state index in [4.69, 9.17) is 27.9 Å². The van der Waals surface area contributed by atoms with Crippen LogP contribution in [0.5, 0.6) is 0 Å². The van der Waals surface area contributed by atoms with Crippen LogP contribution in [-0.4, -0.2) is 32.4 Å². The fraction of sp³-hybridized carbons (Fsp3) is 0.294. The van der Waals surface area contributed by atoms with Crippen LogP contribution in [0.1, 0.15) is 17.2 Å². The SMILES string of the molecule is Cc1cc(S(=O)(=O)N2CCOC(c3cc(Cl)cc(Cl)c3)C2)ccc1F. The van der Waals surface area contributed by atoms with Crippen molar-refractivity contribution in [1.29, 1.82) is 0 Å². The van der Waals surface area contributed by atoms with Gasteiger partial charge in [0.25, 0.3) is 0 Å². The van der Waals surface area contributed by atoms with Crippen molar-refractivity contribution in [2.75, 3.05) is 19.7 Å². The topological polar surface area (TPSA) is 46.6 Å². The molecule has 3 rings (SSSR count). The fourth-order valence-corrected chi connectivity index (χ4v) is 4.79. The van der Waals surface area contributed by atoms with Crippen LogP contribution in [0.4, 0.5) is 4.39 Å². The summed E-state index contributed by atoms with van der Waals surface area (Å²) in [6.07, 6.45) is -0.471. The molecule has 25 heavy (non-hydrogen) atoms. The molecule has 1 saturated heterocycles. The van der Waals surface area contributed by atoms with Gasteiger partial charge in [-0.25, -0.2) is 12.8 Å². The van der Waals surface area contributed by atoms with E-state index in [-0.39, 0.29) is 30.2 Å². The summed E-state index contributed by atoms with van der Waals surface area (Å²) in [5.74, 6) is -0.438. The molecule has 1 aliphatic rings. The zero-order valence-corrected chi connectivity index (χ0v) is 15.7. The quantitative estimate of drug-likeness (QED) is 0.770. The minimum atomic E-state index is -3.74. The van der Waals surface area contributed by atoms with Crippen molar-refractivity contribution < 1.29 is 17.5 Å². The van der Waals surface area contributed by atoms with E-state index in [0.29, 0.717) is 15.6 Å². The van der Waals surface area contributed by atoms with Crippen molar-refractivity contribution in [3.05, 3.63) is 63.4 Å². The van der Waals surface area contributed by atoms with E-state index in [0.717, 1.165) is 6.07 Å². The number of hydrogen-bond acceptors (Lipinski definition) is 3. The normalized spacial score (nSPS) is 19.1. The molecule has 1 aliphatic heterocycles. The monoisotopic (exact) mass is 403 g/mol. The van der Waals surface area contributed by atoms with Crippen molar-refractivity contribution in [1.82, 2.24) is 4.31 Å². The summed E-state index contributed by atoms with van der Waals surface area (Å²) in [5, 5.41) is 0.917. The van der Waals surface area contributed by atoms with E-state index in [1.54, 1.807) is 18.2 Å². The highest BCUT2D eigenvalue weighted by Crippen LogP contribution is 2.30. The Labute approximate surface area is 156 Å². The number of morpholine rings is 1. The lowest BCUT2D eigenvalue weighted by atomic mass is 10.1. The molecule has 0 aromatic heterocycles. The number of halogens is 3. The Hall–Kier alpha value is -1.18. The van der Waals surface area contributed by atoms with Crippen LogP contribution in [0, 0.1) is 12.7 Å². The smallest absolute Gasteiger partial charge is 0.243 e. The van der Waals surface area contributed by atoms with Crippen molar-refractivity contribution in [2.45, 2.75) is 17.9 Å². The molecule has 134 valence electrons. The van der Waals surface area contributed by atoms with Gasteiger partial charge in [-0.05, 0) is 54.4 Å². The predicted molar refractivity (Wildman–Crippen MR) is 95.1 cm³/mol. The van der Waals surface area contributed by atoms with Gasteiger partial charge in [0.15, 0.2) is 0 Å². The lowest BCUT2D eigenvalue weighted by Gasteiger charge is -2.32. The van der Waals surface area contributed by atoms with Crippen LogP contribution in [0.15, 0.2) is 41.3 Å². The molecule has 2 aromatic rings. The largest absolute Gasteiger partial charge is 0.371 e. The van der Waals surface area contributed by atoms with Crippen LogP contribution < -0.4 is 0 Å². The molecule has 4 nitrogen and oxygen atoms in total. The molecule has 0 aliphatic carbocycles. The molecule has 0 saturated carbocycles. The zero-order valence-electron chi connectivity index (χ0n) is 13.4. The van der Waals surface area contributed by atoms with Crippen molar-refractivity contribution in [3.8, 4) is 0 Å². The average molecular weight is 404 g/mol. The number of hydrogen-bond donors (Lipinski definition) is 0. The highest BCUT2D eigenvalue weighted by atomic mass is 35.5. The molecule has 0 radical (unpaired) electrons. The Morgan fingerprint density at radius 2 is 1.84 bits per heavy atom. The van der Waals surface area contributed by atoms with Gasteiger partial charge in [0.05, 0.1) is 17.6 Å². The summed E-state index contributed by atoms with van der Waals surface area (Å²) >= 11 is 12.0. The number of ether oxygens (including phenoxy) is 1. The lowest BCUT2D eigenvalue weighted by molar-refractivity contribution is -0.00254. The van der Waals surface area contributed by atoms with Crippen LogP contribution in [0.2, 0.25) is 10.0 Å². The van der Waals surface area contributed by atoms with Gasteiger partial charge >= 0.3 is 0 Å². The molecule has 2 aromatic carbocycles. The minimum Gasteiger partial charge on any atom is -0.371 e. The molecule has 1 fully saturated rings. The van der Waals surface area contributed by atoms with Crippen molar-refractivity contribution >= 4 is 33.2 Å². The maximum Gasteiger partial charge on any atom is 0.243 e. The summed E-state index contributed by atoms with van der Waals surface area (Å²) < 4.78 is 46.2. The first-order valence-electron chi connectivity index (χ1n) is 7.61. The third-order valence-electron chi connectivity index (χ3n) is 4.05. The zero-order chi connectivity index (χ0) is 18.2. The first-order valence-corrected chi connectivity index (χ1v) is 9.81. The summed E-state index contributed by atoms with van der Waals surface area (Å²) in [5.41, 5.74) is 1.00. The Balaban J connectivity index is 1.88. The number of benzene rings is 2. The molecule has 1 unspecified atom stereocenters. The Bertz CT molecular complexity index is 885. The van der Waals surface area contributed by atoms with Crippen LogP contribution in [0.3, 0.4) is 0 Å². The minimum absolute atomic E-state index is 0.0659. The van der Waals surface area contributed by atoms with Crippen molar-refractivity contribution in [3.63, 3.8) is 0 Å². The second kappa shape index (κ2) is 7.21. The average Bonchev–Trinajstić information content (AvgIpc) is 2.56. The third-order valence-corrected chi connectivity index (χ3v) is 6.35. The summed E-state index contributed by atoms with van der Waals surface area (Å²) in [6, 6.07) is 8.79. The maximum atomic E-state index is 13.4. The van der Waals surface area contributed by atoms with Crippen LogP contribution >= 0.6 is 23.2 Å². The van der Waals surface area contributed by atoms with Gasteiger partial charge < -0.3 is 4.74 Å². The molecular formula is C17H16Cl2FNO3S. The van der Waals surface area contributed by atoms with Gasteiger partial charge in [-0.3, -0.25) is 0 Å². The molecule has 0 N–H and O–H groups in total. The van der Waals surface area contributed by atoms with E-state index in [2.05, 4.69) is 0 Å². The standard InChI is InChI=1S/C17H16Cl2FNO3S/c1-11-6-15(2-3-16(11)20)25(22,23)21-4-5-24-17(10-21)12-7-13(18)9-14(19)8-12/h2-3,6-9,17H,4-5,10H2,1H3. The summed E-state index contributed by atoms with van der Waals surface area (Å²) in [4.78, 5) is 0.0659. The molecule has 1 heterocycles. The van der Waals surface area contributed by atoms with E-state index in [1.807, 2.05) is 0 Å². The molecule has 1 atom stereocenters. The van der Waals surface area contributed by atoms with E-state index >= 15 is 0 Å². The second-order valence-corrected chi connectivity index (χ2v) is 8.65. The first kappa shape index (κ1) is 18.6. The molecule has 0 spiro atoms. The van der Waals surface area contributed by atoms with E-state index in [9.17, 15) is 12.8 Å². The predicted octanol–water partition coefficient (Wildman–Crippen LogP) is 4.20. The van der Waals surface area contributed by atoms with Crippen molar-refractivity contribution in [2.24, 2.45) is 0 Å². The molecule has 8 heteroatoms. The highest BCUT2D eigenvalue weighted by molar-refractivity contribution is 7.89. The van der Waals surface area contributed by atoms with Crippen LogP contribution in [-0.2, 0) is 14.8 Å². The molecule has 0 amide bonds. The fourth-order valence-electron chi connectivity index (χ4n) is 2.73. The van der Waals surface area contributed by atoms with Gasteiger partial charge in [0, 0.05) is 23.1 Å². The summed E-state index contributed by atoms with van der Waals surface area (Å²) in [7, 11) is -3.74. The number of sulfonamides is 1. The molecular weight excluding hydrogens is 388 g/mol. The number of aryl methyl sites for hydroxylation is 1. The Kier molecular flexibility index (Phi) is 5.37. The first-order chi connectivity index (χ1) is 11.8. The van der Waals surface area contributed by atoms with Gasteiger partial charge in [-0.15, -0.1) is 0 Å². The highest BCUT2D eigenvalue weighted by Gasteiger charge is 2.32. The lowest BCUT2D eigenvalue weighted by Crippen LogP contribution is -2.42. The Morgan fingerprint density at radius 3 is 2.48 bits per heavy atom. The number of nitrogens with zero attached hydrogens (tertiary/aromatic N) is 1. The van der Waals surface area contributed by atoms with Gasteiger partial charge in [0.1, 0.15) is 5.82 Å². The maximum absolute atomic E-state index is 13.4.